The minimum absolute atomic E-state index is 0.121. The van der Waals surface area contributed by atoms with Crippen molar-refractivity contribution in [2.45, 2.75) is 18.8 Å². The molecule has 6 nitrogen and oxygen atoms in total. The van der Waals surface area contributed by atoms with E-state index in [4.69, 9.17) is 10.5 Å². The molecule has 23 heavy (non-hydrogen) atoms. The lowest BCUT2D eigenvalue weighted by molar-refractivity contribution is -0.0403. The molecule has 0 aliphatic carbocycles. The molecule has 6 heteroatoms. The molecule has 0 bridgehead atoms. The highest BCUT2D eigenvalue weighted by molar-refractivity contribution is 5.70. The molecule has 1 heterocycles. The molecule has 0 aliphatic heterocycles. The molecule has 3 N–H and O–H groups in total. The van der Waals surface area contributed by atoms with Gasteiger partial charge in [-0.25, -0.2) is 9.86 Å². The van der Waals surface area contributed by atoms with E-state index in [0.717, 1.165) is 23.3 Å². The molecular weight excluding hydrogens is 294 g/mol. The van der Waals surface area contributed by atoms with Crippen molar-refractivity contribution in [1.82, 2.24) is 10.0 Å². The van der Waals surface area contributed by atoms with Crippen LogP contribution in [0, 0.1) is 0 Å². The molecule has 0 radical (unpaired) electrons. The number of primary amides is 1. The molecule has 0 spiro atoms. The van der Waals surface area contributed by atoms with E-state index in [2.05, 4.69) is 4.98 Å². The van der Waals surface area contributed by atoms with E-state index in [9.17, 15) is 10.0 Å². The van der Waals surface area contributed by atoms with Crippen LogP contribution in [0.25, 0.3) is 0 Å². The number of methoxy groups -OCH3 is 1. The zero-order valence-corrected chi connectivity index (χ0v) is 13.1. The third-order valence-electron chi connectivity index (χ3n) is 3.72. The molecule has 0 aliphatic rings. The van der Waals surface area contributed by atoms with Gasteiger partial charge in [0.1, 0.15) is 5.75 Å². The van der Waals surface area contributed by atoms with Crippen LogP contribution in [-0.4, -0.2) is 34.9 Å². The van der Waals surface area contributed by atoms with Crippen LogP contribution in [0.5, 0.6) is 5.75 Å². The Morgan fingerprint density at radius 2 is 2.04 bits per heavy atom. The molecule has 0 saturated heterocycles. The van der Waals surface area contributed by atoms with Crippen molar-refractivity contribution in [2.75, 3.05) is 13.7 Å². The topological polar surface area (TPSA) is 88.7 Å². The number of nitrogens with two attached hydrogens (primary N) is 1. The highest BCUT2D eigenvalue weighted by Crippen LogP contribution is 2.30. The fourth-order valence-electron chi connectivity index (χ4n) is 2.50. The van der Waals surface area contributed by atoms with Gasteiger partial charge < -0.3 is 10.5 Å². The van der Waals surface area contributed by atoms with E-state index >= 15 is 0 Å². The van der Waals surface area contributed by atoms with Crippen molar-refractivity contribution in [3.05, 3.63) is 59.9 Å². The number of amides is 2. The smallest absolute Gasteiger partial charge is 0.338 e. The minimum Gasteiger partial charge on any atom is -0.497 e. The maximum absolute atomic E-state index is 10.9. The van der Waals surface area contributed by atoms with Gasteiger partial charge in [0, 0.05) is 18.3 Å². The molecule has 0 saturated carbocycles. The minimum atomic E-state index is -0.840. The second-order valence-electron chi connectivity index (χ2n) is 5.22. The zero-order valence-electron chi connectivity index (χ0n) is 13.1. The molecule has 1 aromatic heterocycles. The average molecular weight is 315 g/mol. The number of hydrogen-bond donors (Lipinski definition) is 2. The first-order valence-corrected chi connectivity index (χ1v) is 7.41. The summed E-state index contributed by atoms with van der Waals surface area (Å²) in [5.74, 6) is 0.921. The van der Waals surface area contributed by atoms with Crippen molar-refractivity contribution in [1.29, 1.82) is 0 Å². The lowest BCUT2D eigenvalue weighted by Crippen LogP contribution is -2.33. The summed E-state index contributed by atoms with van der Waals surface area (Å²) >= 11 is 0. The van der Waals surface area contributed by atoms with Gasteiger partial charge in [-0.2, -0.15) is 0 Å². The summed E-state index contributed by atoms with van der Waals surface area (Å²) in [7, 11) is 1.63. The number of ether oxygens (including phenoxy) is 1. The largest absolute Gasteiger partial charge is 0.497 e. The number of benzene rings is 1. The number of nitrogens with zero attached hydrogens (tertiary/aromatic N) is 2. The average Bonchev–Trinajstić information content (AvgIpc) is 2.59. The number of aromatic nitrogens is 1. The van der Waals surface area contributed by atoms with Crippen LogP contribution in [0.1, 0.15) is 29.9 Å². The van der Waals surface area contributed by atoms with Crippen LogP contribution < -0.4 is 10.5 Å². The summed E-state index contributed by atoms with van der Waals surface area (Å²) in [4.78, 5) is 15.0. The second kappa shape index (κ2) is 8.14. The standard InChI is InChI=1S/C17H21N3O3/c1-23-15-8-6-13(7-9-15)16(14-4-2-10-19-12-14)5-3-11-20(22)17(18)21/h2,4,6-10,12,16,22H,3,5,11H2,1H3,(H2,18,21). The van der Waals surface area contributed by atoms with Gasteiger partial charge in [-0.05, 0) is 42.2 Å². The lowest BCUT2D eigenvalue weighted by atomic mass is 9.88. The zero-order chi connectivity index (χ0) is 16.7. The van der Waals surface area contributed by atoms with Crippen molar-refractivity contribution >= 4 is 6.03 Å². The summed E-state index contributed by atoms with van der Waals surface area (Å²) in [6.45, 7) is 0.197. The Balaban J connectivity index is 2.13. The van der Waals surface area contributed by atoms with Crippen LogP contribution in [0.2, 0.25) is 0 Å². The normalized spacial score (nSPS) is 11.7. The van der Waals surface area contributed by atoms with E-state index in [1.165, 1.54) is 0 Å². The van der Waals surface area contributed by atoms with Crippen LogP contribution in [-0.2, 0) is 0 Å². The monoisotopic (exact) mass is 315 g/mol. The first kappa shape index (κ1) is 16.8. The number of carbonyl (C=O) groups is 1. The Bertz CT molecular complexity index is 617. The fourth-order valence-corrected chi connectivity index (χ4v) is 2.50. The molecule has 1 atom stereocenters. The predicted octanol–water partition coefficient (Wildman–Crippen LogP) is 2.77. The molecule has 122 valence electrons. The number of rotatable bonds is 7. The van der Waals surface area contributed by atoms with E-state index in [1.54, 1.807) is 13.3 Å². The highest BCUT2D eigenvalue weighted by Gasteiger charge is 2.15. The molecule has 0 fully saturated rings. The summed E-state index contributed by atoms with van der Waals surface area (Å²) in [6.07, 6.45) is 4.93. The van der Waals surface area contributed by atoms with Gasteiger partial charge in [-0.1, -0.05) is 18.2 Å². The molecule has 2 rings (SSSR count). The first-order valence-electron chi connectivity index (χ1n) is 7.41. The van der Waals surface area contributed by atoms with E-state index in [1.807, 2.05) is 42.6 Å². The van der Waals surface area contributed by atoms with E-state index < -0.39 is 6.03 Å². The number of hydroxylamine groups is 2. The molecule has 2 aromatic rings. The Morgan fingerprint density at radius 3 is 2.61 bits per heavy atom. The van der Waals surface area contributed by atoms with Gasteiger partial charge >= 0.3 is 6.03 Å². The summed E-state index contributed by atoms with van der Waals surface area (Å²) in [5.41, 5.74) is 7.23. The second-order valence-corrected chi connectivity index (χ2v) is 5.22. The van der Waals surface area contributed by atoms with Crippen molar-refractivity contribution in [2.24, 2.45) is 5.73 Å². The van der Waals surface area contributed by atoms with Gasteiger partial charge in [0.15, 0.2) is 0 Å². The van der Waals surface area contributed by atoms with Gasteiger partial charge in [0.05, 0.1) is 13.7 Å². The Kier molecular flexibility index (Phi) is 5.94. The van der Waals surface area contributed by atoms with E-state index in [0.29, 0.717) is 11.5 Å². The Hall–Kier alpha value is -2.60. The predicted molar refractivity (Wildman–Crippen MR) is 86.4 cm³/mol. The quantitative estimate of drug-likeness (QED) is 0.607. The van der Waals surface area contributed by atoms with Crippen molar-refractivity contribution < 1.29 is 14.7 Å². The number of pyridine rings is 1. The number of urea groups is 1. The Labute approximate surface area is 135 Å². The maximum Gasteiger partial charge on any atom is 0.338 e. The first-order chi connectivity index (χ1) is 11.1. The number of hydrogen-bond acceptors (Lipinski definition) is 4. The van der Waals surface area contributed by atoms with Crippen LogP contribution in [0.4, 0.5) is 4.79 Å². The van der Waals surface area contributed by atoms with Crippen molar-refractivity contribution in [3.8, 4) is 5.75 Å². The molecule has 2 amide bonds. The molecule has 1 aromatic carbocycles. The van der Waals surface area contributed by atoms with Gasteiger partial charge in [-0.3, -0.25) is 10.2 Å². The summed E-state index contributed by atoms with van der Waals surface area (Å²) < 4.78 is 5.19. The SMILES string of the molecule is COc1ccc(C(CCCN(O)C(N)=O)c2cccnc2)cc1. The fraction of sp³-hybridized carbons (Fsp3) is 0.294. The molecule has 1 unspecified atom stereocenters. The summed E-state index contributed by atoms with van der Waals surface area (Å²) in [5, 5.41) is 9.91. The molecular formula is C17H21N3O3. The maximum atomic E-state index is 10.9. The lowest BCUT2D eigenvalue weighted by Gasteiger charge is -2.19. The van der Waals surface area contributed by atoms with Crippen molar-refractivity contribution in [3.63, 3.8) is 0 Å². The third-order valence-corrected chi connectivity index (χ3v) is 3.72. The van der Waals surface area contributed by atoms with Crippen LogP contribution >= 0.6 is 0 Å². The number of carbonyl (C=O) groups excluding carboxylic acids is 1. The van der Waals surface area contributed by atoms with Gasteiger partial charge in [0.2, 0.25) is 0 Å². The van der Waals surface area contributed by atoms with Gasteiger partial charge in [0.25, 0.3) is 0 Å². The highest BCUT2D eigenvalue weighted by atomic mass is 16.5. The Morgan fingerprint density at radius 1 is 1.30 bits per heavy atom. The van der Waals surface area contributed by atoms with E-state index in [-0.39, 0.29) is 12.5 Å². The van der Waals surface area contributed by atoms with Crippen LogP contribution in [0.15, 0.2) is 48.8 Å². The third kappa shape index (κ3) is 4.69. The summed E-state index contributed by atoms with van der Waals surface area (Å²) in [6, 6.07) is 10.9. The van der Waals surface area contributed by atoms with Crippen LogP contribution in [0.3, 0.4) is 0 Å². The van der Waals surface area contributed by atoms with Gasteiger partial charge in [-0.15, -0.1) is 0 Å².